The van der Waals surface area contributed by atoms with Gasteiger partial charge in [0.1, 0.15) is 7.28 Å². The highest BCUT2D eigenvalue weighted by Crippen LogP contribution is 2.37. The Labute approximate surface area is 156 Å². The van der Waals surface area contributed by atoms with Crippen LogP contribution in [0.2, 0.25) is 5.31 Å². The van der Waals surface area contributed by atoms with E-state index in [9.17, 15) is 4.79 Å². The first-order chi connectivity index (χ1) is 10.3. The van der Waals surface area contributed by atoms with Gasteiger partial charge in [0.2, 0.25) is 5.91 Å². The molecule has 0 aromatic rings. The number of carbonyl (C=O) groups excluding carboxylic acids is 1. The van der Waals surface area contributed by atoms with Gasteiger partial charge in [0.05, 0.1) is 5.37 Å². The average Bonchev–Trinajstić information content (AvgIpc) is 2.44. The molecule has 0 fully saturated rings. The molecule has 1 N–H and O–H groups in total. The summed E-state index contributed by atoms with van der Waals surface area (Å²) in [6.45, 7) is 19.5. The zero-order valence-electron chi connectivity index (χ0n) is 16.6. The largest absolute Gasteiger partial charge is 0.344 e. The SMILES string of the molecule is CCC(C)C(C)(C)BC(S)C(S)NC(=O)C(C)(C)C(C)C(C)C. The van der Waals surface area contributed by atoms with Crippen LogP contribution < -0.4 is 5.32 Å². The number of hydrogen-bond donors (Lipinski definition) is 3. The lowest BCUT2D eigenvalue weighted by atomic mass is 9.47. The van der Waals surface area contributed by atoms with E-state index < -0.39 is 5.41 Å². The van der Waals surface area contributed by atoms with Crippen molar-refractivity contribution in [1.82, 2.24) is 5.32 Å². The van der Waals surface area contributed by atoms with E-state index in [4.69, 9.17) is 12.6 Å². The summed E-state index contributed by atoms with van der Waals surface area (Å²) >= 11 is 9.34. The predicted molar refractivity (Wildman–Crippen MR) is 112 cm³/mol. The molecule has 0 aliphatic rings. The van der Waals surface area contributed by atoms with Gasteiger partial charge in [0.25, 0.3) is 0 Å². The van der Waals surface area contributed by atoms with E-state index in [0.29, 0.717) is 17.8 Å². The number of nitrogens with one attached hydrogen (secondary N) is 1. The lowest BCUT2D eigenvalue weighted by molar-refractivity contribution is -0.132. The van der Waals surface area contributed by atoms with E-state index >= 15 is 0 Å². The minimum atomic E-state index is -0.408. The van der Waals surface area contributed by atoms with Crippen LogP contribution in [0.4, 0.5) is 0 Å². The van der Waals surface area contributed by atoms with Gasteiger partial charge in [-0.05, 0) is 17.8 Å². The minimum Gasteiger partial charge on any atom is -0.344 e. The Morgan fingerprint density at radius 1 is 1.09 bits per heavy atom. The molecule has 0 heterocycles. The van der Waals surface area contributed by atoms with Crippen molar-refractivity contribution in [2.24, 2.45) is 23.2 Å². The summed E-state index contributed by atoms with van der Waals surface area (Å²) in [6, 6.07) is 0. The third-order valence-electron chi connectivity index (χ3n) is 6.05. The van der Waals surface area contributed by atoms with E-state index in [1.807, 2.05) is 13.8 Å². The summed E-state index contributed by atoms with van der Waals surface area (Å²) in [5.74, 6) is 1.45. The molecule has 0 bridgehead atoms. The summed E-state index contributed by atoms with van der Waals surface area (Å²) in [4.78, 5) is 12.7. The van der Waals surface area contributed by atoms with Crippen LogP contribution in [-0.4, -0.2) is 23.7 Å². The number of thiol groups is 2. The first kappa shape index (κ1) is 23.2. The number of rotatable bonds is 9. The molecule has 23 heavy (non-hydrogen) atoms. The molecule has 136 valence electrons. The van der Waals surface area contributed by atoms with Gasteiger partial charge in [-0.2, -0.15) is 25.3 Å². The van der Waals surface area contributed by atoms with Crippen molar-refractivity contribution in [3.05, 3.63) is 0 Å². The van der Waals surface area contributed by atoms with Crippen LogP contribution in [0, 0.1) is 23.2 Å². The van der Waals surface area contributed by atoms with E-state index in [-0.39, 0.29) is 21.7 Å². The molecular formula is C18H38BNOS2. The van der Waals surface area contributed by atoms with Crippen molar-refractivity contribution in [2.45, 2.75) is 84.6 Å². The van der Waals surface area contributed by atoms with Gasteiger partial charge in [-0.25, -0.2) is 0 Å². The lowest BCUT2D eigenvalue weighted by Crippen LogP contribution is -2.49. The Balaban J connectivity index is 4.81. The Morgan fingerprint density at radius 2 is 1.57 bits per heavy atom. The van der Waals surface area contributed by atoms with Crippen LogP contribution in [0.25, 0.3) is 0 Å². The normalized spacial score (nSPS) is 18.3. The van der Waals surface area contributed by atoms with Gasteiger partial charge in [0.15, 0.2) is 0 Å². The van der Waals surface area contributed by atoms with Crippen molar-refractivity contribution >= 4 is 38.4 Å². The van der Waals surface area contributed by atoms with Crippen LogP contribution in [0.15, 0.2) is 0 Å². The molecular weight excluding hydrogens is 321 g/mol. The zero-order chi connectivity index (χ0) is 18.6. The molecule has 1 amide bonds. The molecule has 0 radical (unpaired) electrons. The highest BCUT2D eigenvalue weighted by molar-refractivity contribution is 7.86. The Morgan fingerprint density at radius 3 is 1.96 bits per heavy atom. The first-order valence-electron chi connectivity index (χ1n) is 8.94. The molecule has 0 aliphatic heterocycles. The minimum absolute atomic E-state index is 0.0384. The van der Waals surface area contributed by atoms with Gasteiger partial charge in [0, 0.05) is 10.6 Å². The Kier molecular flexibility index (Phi) is 9.17. The Bertz CT molecular complexity index is 385. The topological polar surface area (TPSA) is 29.1 Å². The first-order valence-corrected chi connectivity index (χ1v) is 9.97. The maximum Gasteiger partial charge on any atom is 0.226 e. The zero-order valence-corrected chi connectivity index (χ0v) is 18.4. The third kappa shape index (κ3) is 6.57. The summed E-state index contributed by atoms with van der Waals surface area (Å²) in [7, 11) is 0.930. The van der Waals surface area contributed by atoms with Crippen LogP contribution in [-0.2, 0) is 4.79 Å². The van der Waals surface area contributed by atoms with Crippen molar-refractivity contribution < 1.29 is 4.79 Å². The summed E-state index contributed by atoms with van der Waals surface area (Å²) in [5, 5.41) is 3.08. The quantitative estimate of drug-likeness (QED) is 0.313. The monoisotopic (exact) mass is 359 g/mol. The van der Waals surface area contributed by atoms with E-state index in [0.717, 1.165) is 13.7 Å². The molecule has 5 heteroatoms. The average molecular weight is 359 g/mol. The molecule has 2 nitrogen and oxygen atoms in total. The van der Waals surface area contributed by atoms with Crippen molar-refractivity contribution in [2.75, 3.05) is 0 Å². The molecule has 4 atom stereocenters. The number of carbonyl (C=O) groups is 1. The van der Waals surface area contributed by atoms with E-state index in [2.05, 4.69) is 66.4 Å². The van der Waals surface area contributed by atoms with Gasteiger partial charge in [-0.1, -0.05) is 74.0 Å². The smallest absolute Gasteiger partial charge is 0.226 e. The summed E-state index contributed by atoms with van der Waals surface area (Å²) in [6.07, 6.45) is 1.15. The summed E-state index contributed by atoms with van der Waals surface area (Å²) < 4.78 is 0. The van der Waals surface area contributed by atoms with E-state index in [1.54, 1.807) is 0 Å². The fraction of sp³-hybridized carbons (Fsp3) is 0.944. The molecule has 0 saturated carbocycles. The van der Waals surface area contributed by atoms with Gasteiger partial charge in [-0.3, -0.25) is 4.79 Å². The van der Waals surface area contributed by atoms with Gasteiger partial charge >= 0.3 is 0 Å². The van der Waals surface area contributed by atoms with Crippen LogP contribution >= 0.6 is 25.3 Å². The molecule has 0 saturated heterocycles. The van der Waals surface area contributed by atoms with Crippen LogP contribution in [0.5, 0.6) is 0 Å². The molecule has 0 rings (SSSR count). The summed E-state index contributed by atoms with van der Waals surface area (Å²) in [5.41, 5.74) is -0.408. The van der Waals surface area contributed by atoms with Crippen molar-refractivity contribution in [3.8, 4) is 0 Å². The van der Waals surface area contributed by atoms with E-state index in [1.165, 1.54) is 0 Å². The lowest BCUT2D eigenvalue weighted by Gasteiger charge is -2.37. The van der Waals surface area contributed by atoms with Crippen molar-refractivity contribution in [3.63, 3.8) is 0 Å². The number of hydrogen-bond acceptors (Lipinski definition) is 3. The molecule has 0 aromatic carbocycles. The highest BCUT2D eigenvalue weighted by Gasteiger charge is 2.38. The Hall–Kier alpha value is 0.235. The fourth-order valence-electron chi connectivity index (χ4n) is 2.86. The molecule has 4 unspecified atom stereocenters. The second-order valence-corrected chi connectivity index (χ2v) is 9.96. The molecule has 0 spiro atoms. The highest BCUT2D eigenvalue weighted by atomic mass is 32.1. The fourth-order valence-corrected chi connectivity index (χ4v) is 3.63. The van der Waals surface area contributed by atoms with Crippen molar-refractivity contribution in [1.29, 1.82) is 0 Å². The second-order valence-electron chi connectivity index (χ2n) is 8.74. The third-order valence-corrected chi connectivity index (χ3v) is 7.25. The second kappa shape index (κ2) is 9.08. The standard InChI is InChI=1S/C18H38BNOS2/c1-10-12(4)18(8,9)19-14(22)15(23)20-16(21)17(6,7)13(5)11(2)3/h11-15,19,22-23H,10H2,1-9H3,(H,20,21). The maximum absolute atomic E-state index is 12.7. The maximum atomic E-state index is 12.7. The molecule has 0 aromatic heterocycles. The van der Waals surface area contributed by atoms with Crippen LogP contribution in [0.1, 0.15) is 68.7 Å². The number of amides is 1. The van der Waals surface area contributed by atoms with Crippen LogP contribution in [0.3, 0.4) is 0 Å². The van der Waals surface area contributed by atoms with Gasteiger partial charge in [-0.15, -0.1) is 0 Å². The predicted octanol–water partition coefficient (Wildman–Crippen LogP) is 4.61. The molecule has 0 aliphatic carbocycles. The van der Waals surface area contributed by atoms with Gasteiger partial charge < -0.3 is 5.32 Å².